The number of rotatable bonds is 6. The highest BCUT2D eigenvalue weighted by Gasteiger charge is 2.43. The van der Waals surface area contributed by atoms with Gasteiger partial charge in [0, 0.05) is 45.5 Å². The van der Waals surface area contributed by atoms with Crippen LogP contribution in [0.3, 0.4) is 0 Å². The van der Waals surface area contributed by atoms with Crippen LogP contribution in [0.25, 0.3) is 0 Å². The summed E-state index contributed by atoms with van der Waals surface area (Å²) in [5, 5.41) is 3.13. The van der Waals surface area contributed by atoms with E-state index in [1.54, 1.807) is 11.1 Å². The molecular weight excluding hydrogens is 364 g/mol. The summed E-state index contributed by atoms with van der Waals surface area (Å²) < 4.78 is 0. The van der Waals surface area contributed by atoms with Crippen molar-refractivity contribution >= 4 is 17.6 Å². The smallest absolute Gasteiger partial charge is 0.245 e. The predicted molar refractivity (Wildman–Crippen MR) is 115 cm³/mol. The fraction of sp³-hybridized carbons (Fsp3) is 0.348. The molecule has 3 rings (SSSR count). The van der Waals surface area contributed by atoms with Crippen LogP contribution in [-0.2, 0) is 21.5 Å². The molecule has 0 spiro atoms. The van der Waals surface area contributed by atoms with Gasteiger partial charge in [0.25, 0.3) is 0 Å². The van der Waals surface area contributed by atoms with Crippen LogP contribution in [0.5, 0.6) is 0 Å². The molecular formula is C23H28N4O2. The van der Waals surface area contributed by atoms with E-state index in [0.29, 0.717) is 32.5 Å². The van der Waals surface area contributed by atoms with Crippen molar-refractivity contribution in [1.82, 2.24) is 15.2 Å². The third-order valence-corrected chi connectivity index (χ3v) is 5.59. The zero-order valence-corrected chi connectivity index (χ0v) is 17.1. The van der Waals surface area contributed by atoms with E-state index in [0.717, 1.165) is 16.9 Å². The number of nitrogens with one attached hydrogen (secondary N) is 1. The first-order valence-electron chi connectivity index (χ1n) is 9.84. The molecule has 0 aliphatic carbocycles. The third-order valence-electron chi connectivity index (χ3n) is 5.59. The van der Waals surface area contributed by atoms with Gasteiger partial charge in [-0.3, -0.25) is 9.59 Å². The van der Waals surface area contributed by atoms with Crippen LogP contribution in [0.15, 0.2) is 61.3 Å². The van der Waals surface area contributed by atoms with Gasteiger partial charge in [0.05, 0.1) is 5.41 Å². The van der Waals surface area contributed by atoms with Gasteiger partial charge in [-0.1, -0.05) is 43.0 Å². The highest BCUT2D eigenvalue weighted by molar-refractivity contribution is 5.90. The van der Waals surface area contributed by atoms with Gasteiger partial charge >= 0.3 is 0 Å². The minimum Gasteiger partial charge on any atom is -0.362 e. The van der Waals surface area contributed by atoms with Gasteiger partial charge in [0.15, 0.2) is 0 Å². The number of hydrogen-bond acceptors (Lipinski definition) is 4. The van der Waals surface area contributed by atoms with Crippen molar-refractivity contribution in [3.8, 4) is 0 Å². The Hall–Kier alpha value is -3.15. The molecule has 0 unspecified atom stereocenters. The lowest BCUT2D eigenvalue weighted by Gasteiger charge is -2.40. The molecule has 0 radical (unpaired) electrons. The standard InChI is InChI=1S/C23H28N4O2/c1-4-20(28)27-15-12-23(13-16-27,19-10-6-5-7-11-19)22(29)25-17-18-9-8-14-24-21(18)26(2)3/h4-11,14H,1,12-13,15-17H2,2-3H3,(H,25,29). The summed E-state index contributed by atoms with van der Waals surface area (Å²) in [5.41, 5.74) is 1.30. The average Bonchev–Trinajstić information content (AvgIpc) is 2.77. The number of hydrogen-bond donors (Lipinski definition) is 1. The van der Waals surface area contributed by atoms with Crippen LogP contribution in [0.4, 0.5) is 5.82 Å². The van der Waals surface area contributed by atoms with Crippen molar-refractivity contribution in [2.75, 3.05) is 32.1 Å². The quantitative estimate of drug-likeness (QED) is 0.767. The van der Waals surface area contributed by atoms with Crippen molar-refractivity contribution in [3.05, 3.63) is 72.4 Å². The minimum absolute atomic E-state index is 0.0111. The Labute approximate surface area is 172 Å². The zero-order chi connectivity index (χ0) is 20.9. The van der Waals surface area contributed by atoms with E-state index in [9.17, 15) is 9.59 Å². The van der Waals surface area contributed by atoms with E-state index in [2.05, 4.69) is 16.9 Å². The zero-order valence-electron chi connectivity index (χ0n) is 17.1. The topological polar surface area (TPSA) is 65.5 Å². The molecule has 6 nitrogen and oxygen atoms in total. The molecule has 2 amide bonds. The number of amides is 2. The Bertz CT molecular complexity index is 871. The molecule has 1 N–H and O–H groups in total. The Kier molecular flexibility index (Phi) is 6.32. The Morgan fingerprint density at radius 2 is 1.86 bits per heavy atom. The van der Waals surface area contributed by atoms with Crippen LogP contribution in [0, 0.1) is 0 Å². The van der Waals surface area contributed by atoms with Gasteiger partial charge < -0.3 is 15.1 Å². The highest BCUT2D eigenvalue weighted by Crippen LogP contribution is 2.36. The maximum atomic E-state index is 13.5. The molecule has 0 saturated carbocycles. The van der Waals surface area contributed by atoms with Crippen LogP contribution >= 0.6 is 0 Å². The Morgan fingerprint density at radius 1 is 1.17 bits per heavy atom. The predicted octanol–water partition coefficient (Wildman–Crippen LogP) is 2.51. The molecule has 1 saturated heterocycles. The summed E-state index contributed by atoms with van der Waals surface area (Å²) in [6, 6.07) is 13.7. The second kappa shape index (κ2) is 8.90. The minimum atomic E-state index is -0.653. The van der Waals surface area contributed by atoms with Gasteiger partial charge in [0.1, 0.15) is 5.82 Å². The Morgan fingerprint density at radius 3 is 2.48 bits per heavy atom. The maximum absolute atomic E-state index is 13.5. The van der Waals surface area contributed by atoms with E-state index in [1.165, 1.54) is 6.08 Å². The van der Waals surface area contributed by atoms with E-state index in [1.807, 2.05) is 61.5 Å². The molecule has 6 heteroatoms. The molecule has 152 valence electrons. The first-order valence-corrected chi connectivity index (χ1v) is 9.84. The summed E-state index contributed by atoms with van der Waals surface area (Å²) in [6.07, 6.45) is 4.24. The molecule has 1 aromatic carbocycles. The van der Waals surface area contributed by atoms with E-state index >= 15 is 0 Å². The van der Waals surface area contributed by atoms with E-state index < -0.39 is 5.41 Å². The lowest BCUT2D eigenvalue weighted by molar-refractivity contribution is -0.134. The fourth-order valence-electron chi connectivity index (χ4n) is 3.96. The number of anilines is 1. The fourth-order valence-corrected chi connectivity index (χ4v) is 3.96. The summed E-state index contributed by atoms with van der Waals surface area (Å²) in [6.45, 7) is 5.04. The van der Waals surface area contributed by atoms with E-state index in [4.69, 9.17) is 0 Å². The average molecular weight is 393 g/mol. The van der Waals surface area contributed by atoms with Crippen LogP contribution in [0.1, 0.15) is 24.0 Å². The SMILES string of the molecule is C=CC(=O)N1CCC(C(=O)NCc2cccnc2N(C)C)(c2ccccc2)CC1. The van der Waals surface area contributed by atoms with Gasteiger partial charge in [-0.25, -0.2) is 4.98 Å². The molecule has 1 fully saturated rings. The van der Waals surface area contributed by atoms with Gasteiger partial charge in [-0.05, 0) is 30.5 Å². The van der Waals surface area contributed by atoms with Crippen molar-refractivity contribution < 1.29 is 9.59 Å². The van der Waals surface area contributed by atoms with Crippen LogP contribution < -0.4 is 10.2 Å². The molecule has 0 bridgehead atoms. The second-order valence-electron chi connectivity index (χ2n) is 7.54. The molecule has 29 heavy (non-hydrogen) atoms. The largest absolute Gasteiger partial charge is 0.362 e. The summed E-state index contributed by atoms with van der Waals surface area (Å²) >= 11 is 0. The Balaban J connectivity index is 1.82. The van der Waals surface area contributed by atoms with Crippen LogP contribution in [-0.4, -0.2) is 48.9 Å². The van der Waals surface area contributed by atoms with Gasteiger partial charge in [0.2, 0.25) is 11.8 Å². The second-order valence-corrected chi connectivity index (χ2v) is 7.54. The normalized spacial score (nSPS) is 15.4. The highest BCUT2D eigenvalue weighted by atomic mass is 16.2. The van der Waals surface area contributed by atoms with Crippen LogP contribution in [0.2, 0.25) is 0 Å². The van der Waals surface area contributed by atoms with Crippen molar-refractivity contribution in [1.29, 1.82) is 0 Å². The number of aromatic nitrogens is 1. The first-order chi connectivity index (χ1) is 14.0. The number of pyridine rings is 1. The van der Waals surface area contributed by atoms with Crippen molar-refractivity contribution in [2.45, 2.75) is 24.8 Å². The molecule has 0 atom stereocenters. The number of likely N-dealkylation sites (tertiary alicyclic amines) is 1. The summed E-state index contributed by atoms with van der Waals surface area (Å²) in [4.78, 5) is 33.5. The maximum Gasteiger partial charge on any atom is 0.245 e. The molecule has 2 heterocycles. The third kappa shape index (κ3) is 4.31. The van der Waals surface area contributed by atoms with Gasteiger partial charge in [-0.2, -0.15) is 0 Å². The summed E-state index contributed by atoms with van der Waals surface area (Å²) in [5.74, 6) is 0.744. The van der Waals surface area contributed by atoms with Crippen molar-refractivity contribution in [3.63, 3.8) is 0 Å². The molecule has 1 aliphatic heterocycles. The monoisotopic (exact) mass is 392 g/mol. The molecule has 1 aliphatic rings. The number of piperidine rings is 1. The molecule has 2 aromatic rings. The number of carbonyl (C=O) groups excluding carboxylic acids is 2. The van der Waals surface area contributed by atoms with E-state index in [-0.39, 0.29) is 11.8 Å². The summed E-state index contributed by atoms with van der Waals surface area (Å²) in [7, 11) is 3.87. The number of carbonyl (C=O) groups is 2. The number of benzene rings is 1. The number of nitrogens with zero attached hydrogens (tertiary/aromatic N) is 3. The lowest BCUT2D eigenvalue weighted by Crippen LogP contribution is -2.52. The first kappa shape index (κ1) is 20.6. The molecule has 1 aromatic heterocycles. The van der Waals surface area contributed by atoms with Gasteiger partial charge in [-0.15, -0.1) is 0 Å². The lowest BCUT2D eigenvalue weighted by atomic mass is 9.72. The van der Waals surface area contributed by atoms with Crippen molar-refractivity contribution in [2.24, 2.45) is 0 Å².